The molecule has 17 heavy (non-hydrogen) atoms. The number of rotatable bonds is 2. The van der Waals surface area contributed by atoms with Crippen LogP contribution in [0, 0.1) is 0 Å². The lowest BCUT2D eigenvalue weighted by atomic mass is 9.83. The van der Waals surface area contributed by atoms with Crippen molar-refractivity contribution in [2.75, 3.05) is 7.11 Å². The molecule has 1 aromatic carbocycles. The molecule has 0 radical (unpaired) electrons. The molecule has 0 unspecified atom stereocenters. The number of carbonyl (C=O) groups is 1. The van der Waals surface area contributed by atoms with Gasteiger partial charge < -0.3 is 9.84 Å². The van der Waals surface area contributed by atoms with Crippen LogP contribution in [0.4, 0.5) is 0 Å². The molecule has 1 N–H and O–H groups in total. The molecular formula is C14H16O3. The minimum Gasteiger partial charge on any atom is -0.496 e. The van der Waals surface area contributed by atoms with Gasteiger partial charge in [-0.1, -0.05) is 6.08 Å². The van der Waals surface area contributed by atoms with E-state index in [-0.39, 0.29) is 0 Å². The molecule has 0 spiro atoms. The van der Waals surface area contributed by atoms with Crippen molar-refractivity contribution < 1.29 is 14.6 Å². The molecular weight excluding hydrogens is 216 g/mol. The molecule has 0 atom stereocenters. The van der Waals surface area contributed by atoms with Gasteiger partial charge in [0.2, 0.25) is 0 Å². The number of fused-ring (bicyclic) bond motifs is 1. The SMILES string of the molecule is C/C=C1\CCCc2c(OC)ccc(C(=O)O)c21. The van der Waals surface area contributed by atoms with Crippen molar-refractivity contribution in [1.29, 1.82) is 0 Å². The number of allylic oxidation sites excluding steroid dienone is 2. The van der Waals surface area contributed by atoms with Gasteiger partial charge in [0.05, 0.1) is 12.7 Å². The molecule has 2 rings (SSSR count). The van der Waals surface area contributed by atoms with Gasteiger partial charge in [0.25, 0.3) is 0 Å². The number of aromatic carboxylic acids is 1. The third-order valence-corrected chi connectivity index (χ3v) is 3.26. The first kappa shape index (κ1) is 11.7. The monoisotopic (exact) mass is 232 g/mol. The summed E-state index contributed by atoms with van der Waals surface area (Å²) >= 11 is 0. The van der Waals surface area contributed by atoms with Crippen LogP contribution in [0.1, 0.15) is 41.3 Å². The Morgan fingerprint density at radius 3 is 2.76 bits per heavy atom. The molecule has 0 aromatic heterocycles. The zero-order valence-electron chi connectivity index (χ0n) is 10.1. The zero-order chi connectivity index (χ0) is 12.4. The predicted molar refractivity (Wildman–Crippen MR) is 66.5 cm³/mol. The maximum Gasteiger partial charge on any atom is 0.336 e. The first-order valence-electron chi connectivity index (χ1n) is 5.77. The van der Waals surface area contributed by atoms with Gasteiger partial charge >= 0.3 is 5.97 Å². The molecule has 0 aliphatic heterocycles. The van der Waals surface area contributed by atoms with E-state index in [4.69, 9.17) is 4.74 Å². The van der Waals surface area contributed by atoms with E-state index in [0.717, 1.165) is 41.7 Å². The Kier molecular flexibility index (Phi) is 3.18. The molecule has 0 heterocycles. The highest BCUT2D eigenvalue weighted by molar-refractivity contribution is 5.96. The summed E-state index contributed by atoms with van der Waals surface area (Å²) in [5.41, 5.74) is 3.40. The van der Waals surface area contributed by atoms with Gasteiger partial charge in [-0.3, -0.25) is 0 Å². The number of benzene rings is 1. The van der Waals surface area contributed by atoms with Crippen molar-refractivity contribution in [1.82, 2.24) is 0 Å². The van der Waals surface area contributed by atoms with Crippen LogP contribution in [-0.4, -0.2) is 18.2 Å². The fourth-order valence-electron chi connectivity index (χ4n) is 2.48. The molecule has 3 heteroatoms. The number of carboxylic acid groups (broad SMARTS) is 1. The maximum absolute atomic E-state index is 11.3. The topological polar surface area (TPSA) is 46.5 Å². The lowest BCUT2D eigenvalue weighted by Gasteiger charge is -2.23. The Morgan fingerprint density at radius 2 is 2.18 bits per heavy atom. The van der Waals surface area contributed by atoms with Gasteiger partial charge in [-0.15, -0.1) is 0 Å². The van der Waals surface area contributed by atoms with Crippen molar-refractivity contribution >= 4 is 11.5 Å². The van der Waals surface area contributed by atoms with Gasteiger partial charge in [-0.25, -0.2) is 4.79 Å². The van der Waals surface area contributed by atoms with Crippen molar-refractivity contribution in [3.05, 3.63) is 34.9 Å². The molecule has 0 amide bonds. The van der Waals surface area contributed by atoms with Crippen molar-refractivity contribution in [3.8, 4) is 5.75 Å². The normalized spacial score (nSPS) is 16.7. The molecule has 0 bridgehead atoms. The highest BCUT2D eigenvalue weighted by Crippen LogP contribution is 2.38. The van der Waals surface area contributed by atoms with Crippen LogP contribution in [0.2, 0.25) is 0 Å². The van der Waals surface area contributed by atoms with E-state index in [1.54, 1.807) is 19.2 Å². The number of hydrogen-bond acceptors (Lipinski definition) is 2. The Hall–Kier alpha value is -1.77. The number of hydrogen-bond donors (Lipinski definition) is 1. The molecule has 1 aliphatic carbocycles. The molecule has 90 valence electrons. The van der Waals surface area contributed by atoms with E-state index in [0.29, 0.717) is 5.56 Å². The van der Waals surface area contributed by atoms with E-state index in [1.165, 1.54) is 0 Å². The lowest BCUT2D eigenvalue weighted by molar-refractivity contribution is 0.0696. The van der Waals surface area contributed by atoms with Crippen molar-refractivity contribution in [2.24, 2.45) is 0 Å². The third kappa shape index (κ3) is 1.93. The van der Waals surface area contributed by atoms with Gasteiger partial charge in [-0.05, 0) is 49.5 Å². The smallest absolute Gasteiger partial charge is 0.336 e. The summed E-state index contributed by atoms with van der Waals surface area (Å²) in [7, 11) is 1.62. The van der Waals surface area contributed by atoms with Crippen molar-refractivity contribution in [2.45, 2.75) is 26.2 Å². The molecule has 0 saturated heterocycles. The summed E-state index contributed by atoms with van der Waals surface area (Å²) < 4.78 is 5.32. The summed E-state index contributed by atoms with van der Waals surface area (Å²) in [5, 5.41) is 9.25. The van der Waals surface area contributed by atoms with Gasteiger partial charge in [0.15, 0.2) is 0 Å². The molecule has 1 aromatic rings. The van der Waals surface area contributed by atoms with Gasteiger partial charge in [0, 0.05) is 5.56 Å². The van der Waals surface area contributed by atoms with Crippen LogP contribution >= 0.6 is 0 Å². The second kappa shape index (κ2) is 4.62. The van der Waals surface area contributed by atoms with Crippen LogP contribution < -0.4 is 4.74 Å². The average molecular weight is 232 g/mol. The highest BCUT2D eigenvalue weighted by atomic mass is 16.5. The minimum absolute atomic E-state index is 0.383. The summed E-state index contributed by atoms with van der Waals surface area (Å²) in [6, 6.07) is 3.38. The Morgan fingerprint density at radius 1 is 1.41 bits per heavy atom. The third-order valence-electron chi connectivity index (χ3n) is 3.26. The van der Waals surface area contributed by atoms with E-state index in [1.807, 2.05) is 13.0 Å². The minimum atomic E-state index is -0.870. The number of ether oxygens (including phenoxy) is 1. The summed E-state index contributed by atoms with van der Waals surface area (Å²) in [4.78, 5) is 11.3. The second-order valence-electron chi connectivity index (χ2n) is 4.14. The molecule has 0 fully saturated rings. The largest absolute Gasteiger partial charge is 0.496 e. The van der Waals surface area contributed by atoms with E-state index in [9.17, 15) is 9.90 Å². The van der Waals surface area contributed by atoms with Crippen LogP contribution in [0.5, 0.6) is 5.75 Å². The first-order chi connectivity index (χ1) is 8.19. The second-order valence-corrected chi connectivity index (χ2v) is 4.14. The van der Waals surface area contributed by atoms with Crippen molar-refractivity contribution in [3.63, 3.8) is 0 Å². The fourth-order valence-corrected chi connectivity index (χ4v) is 2.48. The summed E-state index contributed by atoms with van der Waals surface area (Å²) in [5.74, 6) is -0.0748. The molecule has 1 aliphatic rings. The van der Waals surface area contributed by atoms with Crippen LogP contribution in [0.25, 0.3) is 5.57 Å². The number of carboxylic acids is 1. The van der Waals surface area contributed by atoms with E-state index in [2.05, 4.69) is 0 Å². The molecule has 0 saturated carbocycles. The zero-order valence-corrected chi connectivity index (χ0v) is 10.1. The van der Waals surface area contributed by atoms with Crippen LogP contribution in [0.15, 0.2) is 18.2 Å². The number of methoxy groups -OCH3 is 1. The standard InChI is InChI=1S/C14H16O3/c1-3-9-5-4-6-10-12(17-2)8-7-11(13(9)10)14(15)16/h3,7-8H,4-6H2,1-2H3,(H,15,16)/b9-3+. The maximum atomic E-state index is 11.3. The van der Waals surface area contributed by atoms with Gasteiger partial charge in [-0.2, -0.15) is 0 Å². The predicted octanol–water partition coefficient (Wildman–Crippen LogP) is 3.13. The quantitative estimate of drug-likeness (QED) is 0.852. The Labute approximate surface area is 101 Å². The average Bonchev–Trinajstić information content (AvgIpc) is 2.36. The fraction of sp³-hybridized carbons (Fsp3) is 0.357. The van der Waals surface area contributed by atoms with Crippen LogP contribution in [-0.2, 0) is 6.42 Å². The van der Waals surface area contributed by atoms with Gasteiger partial charge in [0.1, 0.15) is 5.75 Å². The highest BCUT2D eigenvalue weighted by Gasteiger charge is 2.23. The Balaban J connectivity index is 2.71. The first-order valence-corrected chi connectivity index (χ1v) is 5.77. The summed E-state index contributed by atoms with van der Waals surface area (Å²) in [6.07, 6.45) is 4.88. The summed E-state index contributed by atoms with van der Waals surface area (Å²) in [6.45, 7) is 1.95. The van der Waals surface area contributed by atoms with Crippen LogP contribution in [0.3, 0.4) is 0 Å². The Bertz CT molecular complexity index is 486. The molecule has 3 nitrogen and oxygen atoms in total. The lowest BCUT2D eigenvalue weighted by Crippen LogP contribution is -2.11. The van der Waals surface area contributed by atoms with E-state index < -0.39 is 5.97 Å². The van der Waals surface area contributed by atoms with E-state index >= 15 is 0 Å².